The minimum atomic E-state index is -0.142. The number of methoxy groups -OCH3 is 1. The maximum atomic E-state index is 13.7. The summed E-state index contributed by atoms with van der Waals surface area (Å²) in [6.45, 7) is 4.66. The predicted molar refractivity (Wildman–Crippen MR) is 125 cm³/mol. The second-order valence-corrected chi connectivity index (χ2v) is 8.37. The maximum absolute atomic E-state index is 13.7. The molecule has 0 unspecified atom stereocenters. The van der Waals surface area contributed by atoms with Crippen LogP contribution in [0, 0.1) is 13.8 Å². The van der Waals surface area contributed by atoms with E-state index in [1.807, 2.05) is 74.4 Å². The number of carbonyl (C=O) groups excluding carboxylic acids is 1. The van der Waals surface area contributed by atoms with Gasteiger partial charge in [0.25, 0.3) is 5.91 Å². The van der Waals surface area contributed by atoms with Gasteiger partial charge in [0.1, 0.15) is 5.75 Å². The second-order valence-electron chi connectivity index (χ2n) is 8.37. The van der Waals surface area contributed by atoms with Crippen LogP contribution in [0.25, 0.3) is 11.1 Å². The maximum Gasteiger partial charge on any atom is 0.258 e. The molecule has 166 valence electrons. The first-order valence-electron chi connectivity index (χ1n) is 10.8. The third-order valence-electron chi connectivity index (χ3n) is 5.99. The molecule has 7 heteroatoms. The largest absolute Gasteiger partial charge is 0.496 e. The molecule has 0 spiro atoms. The number of amides is 1. The van der Waals surface area contributed by atoms with Gasteiger partial charge in [0.2, 0.25) is 5.95 Å². The summed E-state index contributed by atoms with van der Waals surface area (Å²) in [4.78, 5) is 31.2. The number of nitrogens with zero attached hydrogens (tertiary/aromatic N) is 5. The molecule has 32 heavy (non-hydrogen) atoms. The SMILES string of the molecule is COc1c(C)cccc1C(=O)N1CCC[C@@H]1c1nc(N(C)C)ncc1-c1ccncc1C. The third-order valence-corrected chi connectivity index (χ3v) is 5.99. The third kappa shape index (κ3) is 3.90. The summed E-state index contributed by atoms with van der Waals surface area (Å²) < 4.78 is 5.57. The van der Waals surface area contributed by atoms with Gasteiger partial charge in [-0.2, -0.15) is 0 Å². The highest BCUT2D eigenvalue weighted by Gasteiger charge is 2.35. The van der Waals surface area contributed by atoms with Crippen molar-refractivity contribution in [2.45, 2.75) is 32.7 Å². The Bertz CT molecular complexity index is 1140. The lowest BCUT2D eigenvalue weighted by Gasteiger charge is -2.28. The molecule has 1 fully saturated rings. The topological polar surface area (TPSA) is 71.5 Å². The molecular formula is C25H29N5O2. The molecule has 2 aromatic heterocycles. The zero-order chi connectivity index (χ0) is 22.8. The van der Waals surface area contributed by atoms with Crippen molar-refractivity contribution in [2.75, 3.05) is 32.6 Å². The first kappa shape index (κ1) is 21.7. The van der Waals surface area contributed by atoms with Crippen molar-refractivity contribution in [3.05, 3.63) is 65.2 Å². The number of hydrogen-bond acceptors (Lipinski definition) is 6. The van der Waals surface area contributed by atoms with Crippen LogP contribution in [0.3, 0.4) is 0 Å². The molecular weight excluding hydrogens is 402 g/mol. The van der Waals surface area contributed by atoms with Crippen LogP contribution in [0.1, 0.15) is 46.1 Å². The Balaban J connectivity index is 1.82. The van der Waals surface area contributed by atoms with Gasteiger partial charge in [0.05, 0.1) is 24.4 Å². The molecule has 1 atom stereocenters. The van der Waals surface area contributed by atoms with Crippen LogP contribution in [0.15, 0.2) is 42.9 Å². The van der Waals surface area contributed by atoms with E-state index < -0.39 is 0 Å². The molecule has 1 aliphatic rings. The lowest BCUT2D eigenvalue weighted by molar-refractivity contribution is 0.0729. The summed E-state index contributed by atoms with van der Waals surface area (Å²) in [6.07, 6.45) is 7.25. The Morgan fingerprint density at radius 2 is 1.94 bits per heavy atom. The molecule has 0 bridgehead atoms. The van der Waals surface area contributed by atoms with Gasteiger partial charge < -0.3 is 14.5 Å². The van der Waals surface area contributed by atoms with Gasteiger partial charge in [0, 0.05) is 44.8 Å². The summed E-state index contributed by atoms with van der Waals surface area (Å²) in [5.41, 5.74) is 5.42. The standard InChI is InChI=1S/C25H29N5O2/c1-16-8-6-9-19(23(16)32-5)24(31)30-13-7-10-21(30)22-20(15-27-25(28-22)29(3)4)18-11-12-26-14-17(18)2/h6,8-9,11-12,14-15,21H,7,10,13H2,1-5H3/t21-/m1/s1. The monoisotopic (exact) mass is 431 g/mol. The molecule has 1 aromatic carbocycles. The number of carbonyl (C=O) groups is 1. The minimum Gasteiger partial charge on any atom is -0.496 e. The van der Waals surface area contributed by atoms with Gasteiger partial charge in [-0.05, 0) is 55.5 Å². The smallest absolute Gasteiger partial charge is 0.258 e. The van der Waals surface area contributed by atoms with Crippen LogP contribution >= 0.6 is 0 Å². The number of rotatable bonds is 5. The molecule has 0 radical (unpaired) electrons. The van der Waals surface area contributed by atoms with E-state index in [9.17, 15) is 4.79 Å². The van der Waals surface area contributed by atoms with Gasteiger partial charge in [0.15, 0.2) is 0 Å². The van der Waals surface area contributed by atoms with Crippen molar-refractivity contribution in [1.82, 2.24) is 19.9 Å². The lowest BCUT2D eigenvalue weighted by Crippen LogP contribution is -2.32. The van der Waals surface area contributed by atoms with E-state index in [0.717, 1.165) is 40.8 Å². The molecule has 3 aromatic rings. The summed E-state index contributed by atoms with van der Waals surface area (Å²) >= 11 is 0. The van der Waals surface area contributed by atoms with Gasteiger partial charge in [-0.1, -0.05) is 12.1 Å². The van der Waals surface area contributed by atoms with Crippen molar-refractivity contribution in [3.8, 4) is 16.9 Å². The van der Waals surface area contributed by atoms with Crippen molar-refractivity contribution in [3.63, 3.8) is 0 Å². The highest BCUT2D eigenvalue weighted by atomic mass is 16.5. The zero-order valence-electron chi connectivity index (χ0n) is 19.3. The van der Waals surface area contributed by atoms with Crippen LogP contribution in [0.2, 0.25) is 0 Å². The van der Waals surface area contributed by atoms with Gasteiger partial charge in [-0.3, -0.25) is 9.78 Å². The van der Waals surface area contributed by atoms with Crippen molar-refractivity contribution in [2.24, 2.45) is 0 Å². The molecule has 1 saturated heterocycles. The quantitative estimate of drug-likeness (QED) is 0.603. The number of likely N-dealkylation sites (tertiary alicyclic amines) is 1. The number of anilines is 1. The molecule has 0 saturated carbocycles. The van der Waals surface area contributed by atoms with Gasteiger partial charge >= 0.3 is 0 Å². The fourth-order valence-corrected chi connectivity index (χ4v) is 4.38. The van der Waals surface area contributed by atoms with Gasteiger partial charge in [-0.15, -0.1) is 0 Å². The average Bonchev–Trinajstić information content (AvgIpc) is 3.28. The Morgan fingerprint density at radius 1 is 1.12 bits per heavy atom. The zero-order valence-corrected chi connectivity index (χ0v) is 19.3. The van der Waals surface area contributed by atoms with E-state index in [0.29, 0.717) is 23.8 Å². The van der Waals surface area contributed by atoms with Crippen LogP contribution in [0.4, 0.5) is 5.95 Å². The molecule has 7 nitrogen and oxygen atoms in total. The number of pyridine rings is 1. The number of aryl methyl sites for hydroxylation is 2. The van der Waals surface area contributed by atoms with Crippen molar-refractivity contribution >= 4 is 11.9 Å². The van der Waals surface area contributed by atoms with Crippen molar-refractivity contribution in [1.29, 1.82) is 0 Å². The number of hydrogen-bond donors (Lipinski definition) is 0. The molecule has 0 N–H and O–H groups in total. The summed E-state index contributed by atoms with van der Waals surface area (Å²) in [5.74, 6) is 1.23. The lowest BCUT2D eigenvalue weighted by atomic mass is 9.97. The number of para-hydroxylation sites is 1. The normalized spacial score (nSPS) is 15.7. The van der Waals surface area contributed by atoms with E-state index in [1.54, 1.807) is 13.3 Å². The molecule has 3 heterocycles. The number of aromatic nitrogens is 3. The van der Waals surface area contributed by atoms with E-state index in [-0.39, 0.29) is 11.9 Å². The molecule has 4 rings (SSSR count). The van der Waals surface area contributed by atoms with Gasteiger partial charge in [-0.25, -0.2) is 9.97 Å². The fourth-order valence-electron chi connectivity index (χ4n) is 4.38. The van der Waals surface area contributed by atoms with E-state index in [2.05, 4.69) is 9.97 Å². The summed E-state index contributed by atoms with van der Waals surface area (Å²) in [7, 11) is 5.45. The summed E-state index contributed by atoms with van der Waals surface area (Å²) in [5, 5.41) is 0. The van der Waals surface area contributed by atoms with E-state index in [4.69, 9.17) is 9.72 Å². The number of ether oxygens (including phenoxy) is 1. The van der Waals surface area contributed by atoms with Crippen LogP contribution in [0.5, 0.6) is 5.75 Å². The summed E-state index contributed by atoms with van der Waals surface area (Å²) in [6, 6.07) is 7.53. The van der Waals surface area contributed by atoms with E-state index >= 15 is 0 Å². The highest BCUT2D eigenvalue weighted by Crippen LogP contribution is 2.39. The first-order chi connectivity index (χ1) is 15.4. The average molecular weight is 432 g/mol. The number of benzene rings is 1. The van der Waals surface area contributed by atoms with Crippen LogP contribution in [-0.2, 0) is 0 Å². The Labute approximate surface area is 189 Å². The van der Waals surface area contributed by atoms with Crippen molar-refractivity contribution < 1.29 is 9.53 Å². The molecule has 1 amide bonds. The Kier molecular flexibility index (Phi) is 6.08. The van der Waals surface area contributed by atoms with E-state index in [1.165, 1.54) is 0 Å². The molecule has 1 aliphatic heterocycles. The van der Waals surface area contributed by atoms with Crippen LogP contribution < -0.4 is 9.64 Å². The minimum absolute atomic E-state index is 0.0320. The Morgan fingerprint density at radius 3 is 2.66 bits per heavy atom. The molecule has 0 aliphatic carbocycles. The Hall–Kier alpha value is -3.48. The predicted octanol–water partition coefficient (Wildman–Crippen LogP) is 4.21. The first-order valence-corrected chi connectivity index (χ1v) is 10.8. The highest BCUT2D eigenvalue weighted by molar-refractivity contribution is 5.98. The second kappa shape index (κ2) is 8.94. The fraction of sp³-hybridized carbons (Fsp3) is 0.360. The van der Waals surface area contributed by atoms with Crippen LogP contribution in [-0.4, -0.2) is 53.5 Å².